The molecule has 3 aromatic rings. The molecule has 2 aromatic carbocycles. The standard InChI is InChI=1S/C37H46F3N9O3/c1-2-3-13-33(50)43-18-6-4-5-14-34(51)44-22-27(41)23-48(42)29-12-8-11-28(21-29)45-36(52)49-30-17-19-47(24-30)32-16-15-31(46-35(32)49)25-9-7-10-26(20-25)37(38,39)40/h7-12,15-16,20-21,23,30H,2-6,13-14,17-19,22,24,41-42H2,1H3,(H,43,50)(H,44,51)(H,45,52)/b27-23-/t30-/m0/s1. The van der Waals surface area contributed by atoms with Crippen molar-refractivity contribution in [3.8, 4) is 11.3 Å². The minimum atomic E-state index is -4.50. The molecule has 1 aromatic heterocycles. The summed E-state index contributed by atoms with van der Waals surface area (Å²) in [6.07, 6.45) is 2.75. The van der Waals surface area contributed by atoms with Gasteiger partial charge in [-0.1, -0.05) is 38.0 Å². The number of carbonyl (C=O) groups is 3. The molecular formula is C37H46F3N9O3. The first-order valence-electron chi connectivity index (χ1n) is 17.6. The van der Waals surface area contributed by atoms with Crippen molar-refractivity contribution in [3.05, 3.63) is 78.1 Å². The summed E-state index contributed by atoms with van der Waals surface area (Å²) in [7, 11) is 0. The number of carbonyl (C=O) groups excluding carboxylic acids is 3. The number of nitrogens with one attached hydrogen (secondary N) is 3. The molecule has 0 saturated carbocycles. The van der Waals surface area contributed by atoms with Gasteiger partial charge in [0.15, 0.2) is 5.82 Å². The largest absolute Gasteiger partial charge is 0.416 e. The Balaban J connectivity index is 1.16. The minimum Gasteiger partial charge on any atom is -0.399 e. The Kier molecular flexibility index (Phi) is 12.6. The summed E-state index contributed by atoms with van der Waals surface area (Å²) in [6, 6.07) is 14.7. The average Bonchev–Trinajstić information content (AvgIpc) is 3.54. The third-order valence-corrected chi connectivity index (χ3v) is 9.01. The van der Waals surface area contributed by atoms with Gasteiger partial charge in [-0.15, -0.1) is 0 Å². The molecule has 0 radical (unpaired) electrons. The second kappa shape index (κ2) is 17.3. The molecule has 1 atom stereocenters. The van der Waals surface area contributed by atoms with Crippen molar-refractivity contribution in [2.75, 3.05) is 46.3 Å². The van der Waals surface area contributed by atoms with Crippen LogP contribution in [0.15, 0.2) is 72.6 Å². The maximum atomic E-state index is 13.8. The molecule has 1 saturated heterocycles. The summed E-state index contributed by atoms with van der Waals surface area (Å²) in [5.74, 6) is 6.57. The van der Waals surface area contributed by atoms with E-state index in [1.807, 2.05) is 6.92 Å². The number of halogens is 3. The van der Waals surface area contributed by atoms with Gasteiger partial charge in [0.2, 0.25) is 11.8 Å². The molecule has 0 aliphatic carbocycles. The Morgan fingerprint density at radius 1 is 0.981 bits per heavy atom. The Hall–Kier alpha value is -5.31. The third kappa shape index (κ3) is 9.93. The fourth-order valence-electron chi connectivity index (χ4n) is 6.24. The van der Waals surface area contributed by atoms with E-state index in [4.69, 9.17) is 16.6 Å². The summed E-state index contributed by atoms with van der Waals surface area (Å²) >= 11 is 0. The van der Waals surface area contributed by atoms with Crippen molar-refractivity contribution < 1.29 is 27.6 Å². The topological polar surface area (TPSA) is 162 Å². The third-order valence-electron chi connectivity index (χ3n) is 9.01. The Morgan fingerprint density at radius 3 is 2.54 bits per heavy atom. The van der Waals surface area contributed by atoms with E-state index < -0.39 is 17.8 Å². The SMILES string of the molecule is CCCCC(=O)NCCCCCC(=O)NC/C(N)=C/N(N)c1cccc(NC(=O)N2c3nc(-c4cccc(C(F)(F)F)c4)ccc3N3CC[C@H]2C3)c1. The van der Waals surface area contributed by atoms with Crippen LogP contribution in [0.5, 0.6) is 0 Å². The Morgan fingerprint density at radius 2 is 1.75 bits per heavy atom. The number of benzene rings is 2. The fourth-order valence-corrected chi connectivity index (χ4v) is 6.24. The van der Waals surface area contributed by atoms with Crippen LogP contribution in [0.2, 0.25) is 0 Å². The number of hydrogen-bond donors (Lipinski definition) is 5. The zero-order valence-electron chi connectivity index (χ0n) is 29.2. The molecule has 2 aliphatic rings. The van der Waals surface area contributed by atoms with E-state index in [1.54, 1.807) is 47.4 Å². The van der Waals surface area contributed by atoms with Crippen LogP contribution < -0.4 is 42.3 Å². The molecule has 15 heteroatoms. The number of unbranched alkanes of at least 4 members (excludes halogenated alkanes) is 3. The van der Waals surface area contributed by atoms with E-state index in [-0.39, 0.29) is 24.4 Å². The smallest absolute Gasteiger partial charge is 0.399 e. The average molecular weight is 722 g/mol. The number of nitrogens with two attached hydrogens (primary N) is 2. The first-order chi connectivity index (χ1) is 24.9. The molecule has 7 N–H and O–H groups in total. The van der Waals surface area contributed by atoms with Gasteiger partial charge in [-0.3, -0.25) is 19.5 Å². The van der Waals surface area contributed by atoms with Crippen LogP contribution in [0.1, 0.15) is 63.9 Å². The van der Waals surface area contributed by atoms with E-state index in [2.05, 4.69) is 20.9 Å². The molecule has 4 amide bonds. The van der Waals surface area contributed by atoms with Crippen LogP contribution in [0.3, 0.4) is 0 Å². The zero-order valence-corrected chi connectivity index (χ0v) is 29.2. The lowest BCUT2D eigenvalue weighted by atomic mass is 10.1. The number of fused-ring (bicyclic) bond motifs is 4. The van der Waals surface area contributed by atoms with Gasteiger partial charge in [-0.2, -0.15) is 13.2 Å². The lowest BCUT2D eigenvalue weighted by Gasteiger charge is -2.36. The predicted molar refractivity (Wildman–Crippen MR) is 196 cm³/mol. The highest BCUT2D eigenvalue weighted by molar-refractivity contribution is 6.05. The predicted octanol–water partition coefficient (Wildman–Crippen LogP) is 5.86. The molecule has 2 bridgehead atoms. The highest BCUT2D eigenvalue weighted by atomic mass is 19.4. The maximum absolute atomic E-state index is 13.8. The highest BCUT2D eigenvalue weighted by Gasteiger charge is 2.40. The molecule has 1 fully saturated rings. The van der Waals surface area contributed by atoms with Crippen molar-refractivity contribution in [2.24, 2.45) is 11.6 Å². The highest BCUT2D eigenvalue weighted by Crippen LogP contribution is 2.41. The monoisotopic (exact) mass is 721 g/mol. The van der Waals surface area contributed by atoms with Gasteiger partial charge in [0.1, 0.15) is 0 Å². The lowest BCUT2D eigenvalue weighted by molar-refractivity contribution is -0.137. The summed E-state index contributed by atoms with van der Waals surface area (Å²) in [5.41, 5.74) is 8.01. The quantitative estimate of drug-likeness (QED) is 0.0741. The number of nitrogens with zero attached hydrogens (tertiary/aromatic N) is 4. The van der Waals surface area contributed by atoms with Gasteiger partial charge in [0.05, 0.1) is 35.2 Å². The molecular weight excluding hydrogens is 675 g/mol. The van der Waals surface area contributed by atoms with Crippen LogP contribution in [0, 0.1) is 0 Å². The number of anilines is 4. The molecule has 2 aliphatic heterocycles. The van der Waals surface area contributed by atoms with Crippen molar-refractivity contribution in [2.45, 2.75) is 70.5 Å². The zero-order chi connectivity index (χ0) is 37.3. The maximum Gasteiger partial charge on any atom is 0.416 e. The van der Waals surface area contributed by atoms with Gasteiger partial charge in [0, 0.05) is 55.6 Å². The second-order valence-electron chi connectivity index (χ2n) is 13.0. The van der Waals surface area contributed by atoms with Gasteiger partial charge in [0.25, 0.3) is 0 Å². The molecule has 52 heavy (non-hydrogen) atoms. The van der Waals surface area contributed by atoms with Crippen LogP contribution >= 0.6 is 0 Å². The lowest BCUT2D eigenvalue weighted by Crippen LogP contribution is -2.48. The normalized spacial score (nSPS) is 15.2. The van der Waals surface area contributed by atoms with Gasteiger partial charge in [-0.25, -0.2) is 15.6 Å². The van der Waals surface area contributed by atoms with E-state index >= 15 is 0 Å². The number of hydrazine groups is 1. The number of alkyl halides is 3. The molecule has 12 nitrogen and oxygen atoms in total. The van der Waals surface area contributed by atoms with Gasteiger partial charge >= 0.3 is 12.2 Å². The van der Waals surface area contributed by atoms with Gasteiger partial charge in [-0.05, 0) is 68.1 Å². The van der Waals surface area contributed by atoms with E-state index in [1.165, 1.54) is 17.3 Å². The number of urea groups is 1. The molecule has 5 rings (SSSR count). The second-order valence-corrected chi connectivity index (χ2v) is 13.0. The molecule has 0 spiro atoms. The summed E-state index contributed by atoms with van der Waals surface area (Å²) in [5, 5.41) is 9.89. The van der Waals surface area contributed by atoms with Crippen LogP contribution in [-0.2, 0) is 15.8 Å². The van der Waals surface area contributed by atoms with Crippen molar-refractivity contribution in [1.29, 1.82) is 0 Å². The number of aromatic nitrogens is 1. The number of pyridine rings is 1. The van der Waals surface area contributed by atoms with Crippen LogP contribution in [0.25, 0.3) is 11.3 Å². The minimum absolute atomic E-state index is 0.0643. The van der Waals surface area contributed by atoms with Crippen LogP contribution in [0.4, 0.5) is 40.8 Å². The van der Waals surface area contributed by atoms with Crippen molar-refractivity contribution >= 4 is 40.7 Å². The van der Waals surface area contributed by atoms with Gasteiger partial charge < -0.3 is 26.6 Å². The van der Waals surface area contributed by atoms with E-state index in [0.29, 0.717) is 72.9 Å². The van der Waals surface area contributed by atoms with E-state index in [9.17, 15) is 27.6 Å². The van der Waals surface area contributed by atoms with Crippen molar-refractivity contribution in [3.63, 3.8) is 0 Å². The molecule has 3 heterocycles. The summed E-state index contributed by atoms with van der Waals surface area (Å²) in [4.78, 5) is 46.2. The Bertz CT molecular complexity index is 1770. The molecule has 0 unspecified atom stereocenters. The molecule has 278 valence electrons. The van der Waals surface area contributed by atoms with E-state index in [0.717, 1.165) is 50.0 Å². The van der Waals surface area contributed by atoms with Crippen LogP contribution in [-0.4, -0.2) is 55.1 Å². The number of amides is 4. The van der Waals surface area contributed by atoms with Crippen molar-refractivity contribution in [1.82, 2.24) is 15.6 Å². The number of rotatable bonds is 15. The summed E-state index contributed by atoms with van der Waals surface area (Å²) < 4.78 is 40.3. The first kappa shape index (κ1) is 37.9. The number of hydrogen-bond acceptors (Lipinski definition) is 8. The summed E-state index contributed by atoms with van der Waals surface area (Å²) in [6.45, 7) is 4.08. The Labute approximate surface area is 301 Å². The first-order valence-corrected chi connectivity index (χ1v) is 17.6. The fraction of sp³-hybridized carbons (Fsp3) is 0.405.